The number of benzene rings is 2. The molecule has 10 nitrogen and oxygen atoms in total. The lowest BCUT2D eigenvalue weighted by Crippen LogP contribution is -2.24. The van der Waals surface area contributed by atoms with Crippen molar-refractivity contribution in [2.45, 2.75) is 25.9 Å². The zero-order valence-corrected chi connectivity index (χ0v) is 27.2. The number of ether oxygens (including phenoxy) is 3. The summed E-state index contributed by atoms with van der Waals surface area (Å²) in [6.07, 6.45) is 9.66. The van der Waals surface area contributed by atoms with Crippen LogP contribution in [0.3, 0.4) is 0 Å². The molecule has 5 rings (SSSR count). The Balaban J connectivity index is 1.44. The average molecular weight is 692 g/mol. The number of nitrogens with zero attached hydrogens (tertiary/aromatic N) is 4. The summed E-state index contributed by atoms with van der Waals surface area (Å²) in [5.41, 5.74) is 14.9. The van der Waals surface area contributed by atoms with Crippen molar-refractivity contribution in [3.8, 4) is 33.8 Å². The van der Waals surface area contributed by atoms with Gasteiger partial charge in [0.25, 0.3) is 0 Å². The number of anilines is 3. The van der Waals surface area contributed by atoms with E-state index in [0.717, 1.165) is 29.5 Å². The summed E-state index contributed by atoms with van der Waals surface area (Å²) in [6, 6.07) is 14.2. The smallest absolute Gasteiger partial charge is 0.212 e. The third-order valence-electron chi connectivity index (χ3n) is 7.83. The number of rotatable bonds is 11. The van der Waals surface area contributed by atoms with Gasteiger partial charge in [0.2, 0.25) is 5.43 Å². The van der Waals surface area contributed by atoms with E-state index in [1.807, 2.05) is 28.8 Å². The van der Waals surface area contributed by atoms with Crippen LogP contribution in [0.25, 0.3) is 22.3 Å². The lowest BCUT2D eigenvalue weighted by atomic mass is 10.00. The standard InChI is InChI=1S/C34H36BrFN6O4/c1-44-31-8-5-24(14-32(31)45-2)25-13-29(34(38)40-17-25)23-3-6-28(7-4-23)42(36)30-21-41(19-22-9-11-46-12-10-22)20-26(33(30)43)16-39-18-27(35)15-37/h3-8,13-15,17-18,20-22H,9-12,16,19,37H2,1-2H3,(H2,38,40)/b27-15+,39-18?. The Labute approximate surface area is 275 Å². The van der Waals surface area contributed by atoms with Gasteiger partial charge in [-0.2, -0.15) is 5.12 Å². The van der Waals surface area contributed by atoms with Gasteiger partial charge in [0.15, 0.2) is 11.5 Å². The Morgan fingerprint density at radius 3 is 2.50 bits per heavy atom. The minimum Gasteiger partial charge on any atom is -0.493 e. The van der Waals surface area contributed by atoms with Gasteiger partial charge < -0.3 is 30.2 Å². The predicted octanol–water partition coefficient (Wildman–Crippen LogP) is 6.39. The number of hydrogen-bond donors (Lipinski definition) is 2. The number of aromatic nitrogens is 2. The molecule has 0 amide bonds. The number of allylic oxidation sites excluding steroid dienone is 1. The second-order valence-corrected chi connectivity index (χ2v) is 11.7. The average Bonchev–Trinajstić information content (AvgIpc) is 3.09. The third kappa shape index (κ3) is 7.57. The van der Waals surface area contributed by atoms with E-state index in [2.05, 4.69) is 25.9 Å². The number of nitrogens with two attached hydrogens (primary N) is 2. The van der Waals surface area contributed by atoms with Crippen LogP contribution in [0.4, 0.5) is 21.7 Å². The van der Waals surface area contributed by atoms with Gasteiger partial charge in [-0.15, -0.1) is 0 Å². The van der Waals surface area contributed by atoms with E-state index in [-0.39, 0.29) is 17.9 Å². The zero-order valence-electron chi connectivity index (χ0n) is 25.7. The highest BCUT2D eigenvalue weighted by molar-refractivity contribution is 9.12. The van der Waals surface area contributed by atoms with Gasteiger partial charge in [-0.05, 0) is 76.1 Å². The molecule has 2 aromatic heterocycles. The van der Waals surface area contributed by atoms with Crippen molar-refractivity contribution in [2.75, 3.05) is 38.3 Å². The molecule has 0 aliphatic carbocycles. The highest BCUT2D eigenvalue weighted by Crippen LogP contribution is 2.36. The molecule has 0 bridgehead atoms. The first-order chi connectivity index (χ1) is 22.3. The van der Waals surface area contributed by atoms with Crippen LogP contribution in [0.15, 0.2) is 87.6 Å². The van der Waals surface area contributed by atoms with E-state index in [4.69, 9.17) is 25.7 Å². The molecule has 1 saturated heterocycles. The molecule has 0 radical (unpaired) electrons. The molecule has 0 unspecified atom stereocenters. The minimum atomic E-state index is -0.448. The Hall–Kier alpha value is -4.68. The first-order valence-corrected chi connectivity index (χ1v) is 15.5. The lowest BCUT2D eigenvalue weighted by Gasteiger charge is -2.24. The number of nitrogen functional groups attached to an aromatic ring is 1. The van der Waals surface area contributed by atoms with Gasteiger partial charge in [0.1, 0.15) is 11.5 Å². The molecule has 0 saturated carbocycles. The maximum atomic E-state index is 16.1. The topological polar surface area (TPSA) is 130 Å². The van der Waals surface area contributed by atoms with Crippen LogP contribution in [0.5, 0.6) is 11.5 Å². The van der Waals surface area contributed by atoms with E-state index in [1.165, 1.54) is 12.4 Å². The maximum Gasteiger partial charge on any atom is 0.212 e. The molecule has 12 heteroatoms. The predicted molar refractivity (Wildman–Crippen MR) is 184 cm³/mol. The van der Waals surface area contributed by atoms with E-state index < -0.39 is 5.43 Å². The summed E-state index contributed by atoms with van der Waals surface area (Å²) < 4.78 is 34.8. The van der Waals surface area contributed by atoms with Crippen LogP contribution in [0.2, 0.25) is 0 Å². The SMILES string of the molecule is COc1ccc(-c2cnc(N)c(-c3ccc(N(F)c4cn(CC5CCOCC5)cc(CN=C/C(Br)=C\N)c4=O)cc3)c2)cc1OC. The quantitative estimate of drug-likeness (QED) is 0.137. The molecule has 240 valence electrons. The molecule has 1 aliphatic rings. The molecule has 1 fully saturated rings. The number of aliphatic imine (C=N–C) groups is 1. The van der Waals surface area contributed by atoms with Crippen LogP contribution in [0.1, 0.15) is 18.4 Å². The lowest BCUT2D eigenvalue weighted by molar-refractivity contribution is 0.0612. The number of methoxy groups -OCH3 is 2. The van der Waals surface area contributed by atoms with E-state index >= 15 is 4.48 Å². The Bertz CT molecular complexity index is 1790. The van der Waals surface area contributed by atoms with Crippen LogP contribution in [-0.2, 0) is 17.8 Å². The fourth-order valence-electron chi connectivity index (χ4n) is 5.33. The molecule has 4 N–H and O–H groups in total. The largest absolute Gasteiger partial charge is 0.493 e. The maximum absolute atomic E-state index is 16.1. The number of pyridine rings is 2. The molecule has 0 spiro atoms. The fraction of sp³-hybridized carbons (Fsp3) is 0.265. The highest BCUT2D eigenvalue weighted by Gasteiger charge is 2.20. The van der Waals surface area contributed by atoms with Crippen LogP contribution >= 0.6 is 15.9 Å². The van der Waals surface area contributed by atoms with Crippen molar-refractivity contribution in [1.82, 2.24) is 9.55 Å². The summed E-state index contributed by atoms with van der Waals surface area (Å²) in [7, 11) is 3.16. The summed E-state index contributed by atoms with van der Waals surface area (Å²) in [5.74, 6) is 1.89. The van der Waals surface area contributed by atoms with Crippen molar-refractivity contribution in [2.24, 2.45) is 16.6 Å². The normalized spacial score (nSPS) is 14.0. The van der Waals surface area contributed by atoms with E-state index in [9.17, 15) is 4.79 Å². The van der Waals surface area contributed by atoms with Gasteiger partial charge in [0, 0.05) is 67.5 Å². The van der Waals surface area contributed by atoms with Crippen molar-refractivity contribution in [1.29, 1.82) is 0 Å². The summed E-state index contributed by atoms with van der Waals surface area (Å²) >= 11 is 3.27. The fourth-order valence-corrected chi connectivity index (χ4v) is 5.47. The Kier molecular flexibility index (Phi) is 10.7. The van der Waals surface area contributed by atoms with Crippen molar-refractivity contribution >= 4 is 39.3 Å². The summed E-state index contributed by atoms with van der Waals surface area (Å²) in [5, 5.41) is 0.414. The molecule has 1 aliphatic heterocycles. The number of halogens is 2. The molecular formula is C34H36BrFN6O4. The molecular weight excluding hydrogens is 655 g/mol. The first-order valence-electron chi connectivity index (χ1n) is 14.7. The molecule has 3 heterocycles. The van der Waals surface area contributed by atoms with Crippen LogP contribution < -0.4 is 31.5 Å². The highest BCUT2D eigenvalue weighted by atomic mass is 79.9. The summed E-state index contributed by atoms with van der Waals surface area (Å²) in [6.45, 7) is 2.08. The van der Waals surface area contributed by atoms with Crippen LogP contribution in [0, 0.1) is 5.92 Å². The molecule has 46 heavy (non-hydrogen) atoms. The van der Waals surface area contributed by atoms with Gasteiger partial charge in [-0.25, -0.2) is 4.98 Å². The van der Waals surface area contributed by atoms with Crippen molar-refractivity contribution in [3.05, 3.63) is 93.6 Å². The first kappa shape index (κ1) is 32.7. The second-order valence-electron chi connectivity index (χ2n) is 10.8. The zero-order chi connectivity index (χ0) is 32.6. The van der Waals surface area contributed by atoms with Gasteiger partial charge >= 0.3 is 0 Å². The van der Waals surface area contributed by atoms with Gasteiger partial charge in [-0.3, -0.25) is 9.79 Å². The molecule has 0 atom stereocenters. The van der Waals surface area contributed by atoms with E-state index in [1.54, 1.807) is 57.1 Å². The Morgan fingerprint density at radius 2 is 1.80 bits per heavy atom. The van der Waals surface area contributed by atoms with Crippen molar-refractivity contribution in [3.63, 3.8) is 0 Å². The molecule has 2 aromatic carbocycles. The van der Waals surface area contributed by atoms with E-state index in [0.29, 0.717) is 63.7 Å². The second kappa shape index (κ2) is 15.1. The summed E-state index contributed by atoms with van der Waals surface area (Å²) in [4.78, 5) is 22.2. The minimum absolute atomic E-state index is 0.0683. The van der Waals surface area contributed by atoms with Crippen LogP contribution in [-0.4, -0.2) is 43.2 Å². The number of hydrogen-bond acceptors (Lipinski definition) is 9. The molecule has 4 aromatic rings. The van der Waals surface area contributed by atoms with Crippen molar-refractivity contribution < 1.29 is 18.7 Å². The Morgan fingerprint density at radius 1 is 1.09 bits per heavy atom. The third-order valence-corrected chi connectivity index (χ3v) is 8.30. The monoisotopic (exact) mass is 690 g/mol. The van der Waals surface area contributed by atoms with Gasteiger partial charge in [0.05, 0.1) is 30.9 Å². The van der Waals surface area contributed by atoms with Gasteiger partial charge in [-0.1, -0.05) is 22.7 Å².